The first kappa shape index (κ1) is 14.8. The molecule has 0 saturated heterocycles. The molecule has 100 valence electrons. The quantitative estimate of drug-likeness (QED) is 0.833. The lowest BCUT2D eigenvalue weighted by molar-refractivity contribution is -0.120. The first-order chi connectivity index (χ1) is 8.52. The van der Waals surface area contributed by atoms with Crippen LogP contribution in [0.3, 0.4) is 0 Å². The summed E-state index contributed by atoms with van der Waals surface area (Å²) in [6.45, 7) is 4.55. The van der Waals surface area contributed by atoms with Gasteiger partial charge in [-0.05, 0) is 31.5 Å². The van der Waals surface area contributed by atoms with E-state index in [0.717, 1.165) is 11.3 Å². The van der Waals surface area contributed by atoms with E-state index in [1.54, 1.807) is 7.11 Å². The standard InChI is InChI=1S/C13H19ClN2O2/c1-9-4-5-11(6-12(9)14)15-7-13(17)16-10(2)8-18-3/h4-6,10,15H,7-8H2,1-3H3,(H,16,17)/t10-/m1/s1. The van der Waals surface area contributed by atoms with Gasteiger partial charge in [0.2, 0.25) is 5.91 Å². The molecule has 0 aliphatic carbocycles. The summed E-state index contributed by atoms with van der Waals surface area (Å²) in [5, 5.41) is 6.53. The second-order valence-electron chi connectivity index (χ2n) is 4.24. The van der Waals surface area contributed by atoms with Crippen molar-refractivity contribution in [1.82, 2.24) is 5.32 Å². The maximum absolute atomic E-state index is 11.6. The zero-order chi connectivity index (χ0) is 13.5. The number of ether oxygens (including phenoxy) is 1. The van der Waals surface area contributed by atoms with Crippen LogP contribution in [0.1, 0.15) is 12.5 Å². The second-order valence-corrected chi connectivity index (χ2v) is 4.65. The molecule has 0 saturated carbocycles. The fourth-order valence-corrected chi connectivity index (χ4v) is 1.68. The first-order valence-electron chi connectivity index (χ1n) is 5.81. The highest BCUT2D eigenvalue weighted by Crippen LogP contribution is 2.19. The van der Waals surface area contributed by atoms with Gasteiger partial charge in [0.1, 0.15) is 0 Å². The Morgan fingerprint density at radius 2 is 2.22 bits per heavy atom. The number of hydrogen-bond donors (Lipinski definition) is 2. The van der Waals surface area contributed by atoms with Crippen molar-refractivity contribution in [2.75, 3.05) is 25.6 Å². The van der Waals surface area contributed by atoms with Crippen LogP contribution in [0, 0.1) is 6.92 Å². The average molecular weight is 271 g/mol. The summed E-state index contributed by atoms with van der Waals surface area (Å²) in [6.07, 6.45) is 0. The molecular weight excluding hydrogens is 252 g/mol. The summed E-state index contributed by atoms with van der Waals surface area (Å²) in [6, 6.07) is 5.62. The van der Waals surface area contributed by atoms with Gasteiger partial charge in [0.25, 0.3) is 0 Å². The topological polar surface area (TPSA) is 50.4 Å². The van der Waals surface area contributed by atoms with Gasteiger partial charge in [0.15, 0.2) is 0 Å². The van der Waals surface area contributed by atoms with Gasteiger partial charge in [0.05, 0.1) is 13.2 Å². The molecule has 5 heteroatoms. The number of rotatable bonds is 6. The third-order valence-electron chi connectivity index (χ3n) is 2.45. The van der Waals surface area contributed by atoms with Crippen molar-refractivity contribution in [3.05, 3.63) is 28.8 Å². The predicted octanol–water partition coefficient (Wildman–Crippen LogP) is 2.21. The maximum Gasteiger partial charge on any atom is 0.239 e. The molecule has 1 atom stereocenters. The maximum atomic E-state index is 11.6. The van der Waals surface area contributed by atoms with Crippen LogP contribution in [0.5, 0.6) is 0 Å². The van der Waals surface area contributed by atoms with Crippen LogP contribution in [-0.4, -0.2) is 32.2 Å². The molecule has 0 aliphatic rings. The van der Waals surface area contributed by atoms with E-state index < -0.39 is 0 Å². The van der Waals surface area contributed by atoms with E-state index in [1.165, 1.54) is 0 Å². The van der Waals surface area contributed by atoms with Crippen LogP contribution >= 0.6 is 11.6 Å². The minimum absolute atomic E-state index is 0.00547. The molecule has 4 nitrogen and oxygen atoms in total. The smallest absolute Gasteiger partial charge is 0.239 e. The van der Waals surface area contributed by atoms with Crippen molar-refractivity contribution in [1.29, 1.82) is 0 Å². The van der Waals surface area contributed by atoms with E-state index >= 15 is 0 Å². The van der Waals surface area contributed by atoms with E-state index in [0.29, 0.717) is 11.6 Å². The molecule has 0 heterocycles. The number of benzene rings is 1. The summed E-state index contributed by atoms with van der Waals surface area (Å²) < 4.78 is 4.94. The number of carbonyl (C=O) groups excluding carboxylic acids is 1. The molecule has 1 rings (SSSR count). The lowest BCUT2D eigenvalue weighted by Gasteiger charge is -2.13. The van der Waals surface area contributed by atoms with Gasteiger partial charge in [-0.25, -0.2) is 0 Å². The normalized spacial score (nSPS) is 12.0. The number of nitrogens with one attached hydrogen (secondary N) is 2. The molecular formula is C13H19ClN2O2. The largest absolute Gasteiger partial charge is 0.383 e. The molecule has 1 aromatic carbocycles. The Bertz CT molecular complexity index is 410. The third kappa shape index (κ3) is 4.94. The number of hydrogen-bond acceptors (Lipinski definition) is 3. The highest BCUT2D eigenvalue weighted by Gasteiger charge is 2.06. The highest BCUT2D eigenvalue weighted by molar-refractivity contribution is 6.31. The minimum Gasteiger partial charge on any atom is -0.383 e. The fraction of sp³-hybridized carbons (Fsp3) is 0.462. The predicted molar refractivity (Wildman–Crippen MR) is 74.2 cm³/mol. The SMILES string of the molecule is COC[C@@H](C)NC(=O)CNc1ccc(C)c(Cl)c1. The van der Waals surface area contributed by atoms with Crippen LogP contribution in [0.25, 0.3) is 0 Å². The second kappa shape index (κ2) is 7.24. The van der Waals surface area contributed by atoms with Crippen molar-refractivity contribution >= 4 is 23.2 Å². The molecule has 0 unspecified atom stereocenters. The van der Waals surface area contributed by atoms with Gasteiger partial charge >= 0.3 is 0 Å². The third-order valence-corrected chi connectivity index (χ3v) is 2.86. The molecule has 1 aromatic rings. The van der Waals surface area contributed by atoms with Crippen molar-refractivity contribution in [3.8, 4) is 0 Å². The number of carbonyl (C=O) groups is 1. The van der Waals surface area contributed by atoms with Crippen molar-refractivity contribution in [2.45, 2.75) is 19.9 Å². The molecule has 0 aliphatic heterocycles. The Kier molecular flexibility index (Phi) is 5.95. The fourth-order valence-electron chi connectivity index (χ4n) is 1.50. The number of anilines is 1. The molecule has 0 radical (unpaired) electrons. The Morgan fingerprint density at radius 3 is 2.83 bits per heavy atom. The van der Waals surface area contributed by atoms with Crippen LogP contribution in [0.15, 0.2) is 18.2 Å². The molecule has 18 heavy (non-hydrogen) atoms. The molecule has 1 amide bonds. The van der Waals surface area contributed by atoms with E-state index in [4.69, 9.17) is 16.3 Å². The van der Waals surface area contributed by atoms with Crippen molar-refractivity contribution in [3.63, 3.8) is 0 Å². The zero-order valence-electron chi connectivity index (χ0n) is 10.9. The molecule has 0 bridgehead atoms. The Labute approximate surface area is 113 Å². The van der Waals surface area contributed by atoms with E-state index in [-0.39, 0.29) is 18.5 Å². The monoisotopic (exact) mass is 270 g/mol. The molecule has 2 N–H and O–H groups in total. The van der Waals surface area contributed by atoms with Crippen molar-refractivity contribution in [2.24, 2.45) is 0 Å². The summed E-state index contributed by atoms with van der Waals surface area (Å²) in [4.78, 5) is 11.6. The summed E-state index contributed by atoms with van der Waals surface area (Å²) >= 11 is 6.00. The van der Waals surface area contributed by atoms with Gasteiger partial charge in [-0.15, -0.1) is 0 Å². The molecule has 0 aromatic heterocycles. The van der Waals surface area contributed by atoms with Gasteiger partial charge < -0.3 is 15.4 Å². The molecule has 0 spiro atoms. The number of methoxy groups -OCH3 is 1. The zero-order valence-corrected chi connectivity index (χ0v) is 11.7. The van der Waals surface area contributed by atoms with Gasteiger partial charge in [-0.2, -0.15) is 0 Å². The lowest BCUT2D eigenvalue weighted by Crippen LogP contribution is -2.39. The van der Waals surface area contributed by atoms with Gasteiger partial charge in [0, 0.05) is 23.9 Å². The van der Waals surface area contributed by atoms with Crippen LogP contribution in [0.4, 0.5) is 5.69 Å². The van der Waals surface area contributed by atoms with Crippen LogP contribution in [-0.2, 0) is 9.53 Å². The Morgan fingerprint density at radius 1 is 1.50 bits per heavy atom. The van der Waals surface area contributed by atoms with Crippen molar-refractivity contribution < 1.29 is 9.53 Å². The number of halogens is 1. The van der Waals surface area contributed by atoms with Crippen LogP contribution in [0.2, 0.25) is 5.02 Å². The summed E-state index contributed by atoms with van der Waals surface area (Å²) in [5.74, 6) is -0.0729. The number of amides is 1. The minimum atomic E-state index is -0.0729. The van der Waals surface area contributed by atoms with E-state index in [1.807, 2.05) is 32.0 Å². The number of aryl methyl sites for hydroxylation is 1. The molecule has 0 fully saturated rings. The average Bonchev–Trinajstić information content (AvgIpc) is 2.31. The first-order valence-corrected chi connectivity index (χ1v) is 6.19. The highest BCUT2D eigenvalue weighted by atomic mass is 35.5. The van der Waals surface area contributed by atoms with Gasteiger partial charge in [-0.1, -0.05) is 17.7 Å². The lowest BCUT2D eigenvalue weighted by atomic mass is 10.2. The van der Waals surface area contributed by atoms with Gasteiger partial charge in [-0.3, -0.25) is 4.79 Å². The summed E-state index contributed by atoms with van der Waals surface area (Å²) in [7, 11) is 1.61. The van der Waals surface area contributed by atoms with E-state index in [9.17, 15) is 4.79 Å². The van der Waals surface area contributed by atoms with E-state index in [2.05, 4.69) is 10.6 Å². The van der Waals surface area contributed by atoms with Crippen LogP contribution < -0.4 is 10.6 Å². The Balaban J connectivity index is 2.40. The Hall–Kier alpha value is -1.26. The summed E-state index contributed by atoms with van der Waals surface area (Å²) in [5.41, 5.74) is 1.85.